The highest BCUT2D eigenvalue weighted by molar-refractivity contribution is 14.0. The Morgan fingerprint density at radius 3 is 2.83 bits per heavy atom. The summed E-state index contributed by atoms with van der Waals surface area (Å²) in [5.74, 6) is 2.36. The zero-order chi connectivity index (χ0) is 20.9. The van der Waals surface area contributed by atoms with Crippen LogP contribution in [-0.4, -0.2) is 63.0 Å². The van der Waals surface area contributed by atoms with E-state index in [-0.39, 0.29) is 24.0 Å². The van der Waals surface area contributed by atoms with E-state index in [1.807, 2.05) is 42.3 Å². The number of hydrogen-bond donors (Lipinski definition) is 3. The van der Waals surface area contributed by atoms with Crippen molar-refractivity contribution in [3.05, 3.63) is 34.0 Å². The second kappa shape index (κ2) is 11.4. The van der Waals surface area contributed by atoms with Gasteiger partial charge in [-0.15, -0.1) is 34.2 Å². The van der Waals surface area contributed by atoms with Crippen LogP contribution in [0.1, 0.15) is 43.9 Å². The van der Waals surface area contributed by atoms with Gasteiger partial charge in [-0.25, -0.2) is 4.99 Å². The lowest BCUT2D eigenvalue weighted by atomic mass is 9.99. The third-order valence-corrected chi connectivity index (χ3v) is 6.40. The average Bonchev–Trinajstić information content (AvgIpc) is 3.45. The summed E-state index contributed by atoms with van der Waals surface area (Å²) in [6, 6.07) is 2.47. The van der Waals surface area contributed by atoms with Gasteiger partial charge in [-0.05, 0) is 62.2 Å². The normalized spacial score (nSPS) is 19.4. The first-order valence-corrected chi connectivity index (χ1v) is 11.2. The first-order chi connectivity index (χ1) is 13.9. The molecule has 1 fully saturated rings. The van der Waals surface area contributed by atoms with Crippen LogP contribution < -0.4 is 10.6 Å². The zero-order valence-corrected chi connectivity index (χ0v) is 21.4. The molecule has 3 rings (SSSR count). The van der Waals surface area contributed by atoms with Gasteiger partial charge in [-0.2, -0.15) is 11.3 Å². The molecule has 0 saturated carbocycles. The summed E-state index contributed by atoms with van der Waals surface area (Å²) in [5.41, 5.74) is -0.0571. The number of halogens is 1. The van der Waals surface area contributed by atoms with Crippen LogP contribution in [0.5, 0.6) is 0 Å². The van der Waals surface area contributed by atoms with E-state index in [1.165, 1.54) is 12.8 Å². The molecule has 168 valence electrons. The fourth-order valence-corrected chi connectivity index (χ4v) is 4.38. The van der Waals surface area contributed by atoms with E-state index in [0.29, 0.717) is 25.1 Å². The van der Waals surface area contributed by atoms with E-state index >= 15 is 0 Å². The highest BCUT2D eigenvalue weighted by atomic mass is 127. The molecule has 2 aromatic heterocycles. The van der Waals surface area contributed by atoms with Crippen molar-refractivity contribution in [2.24, 2.45) is 12.0 Å². The number of rotatable bonds is 8. The highest BCUT2D eigenvalue weighted by Gasteiger charge is 2.25. The van der Waals surface area contributed by atoms with Crippen molar-refractivity contribution in [2.45, 2.75) is 51.8 Å². The highest BCUT2D eigenvalue weighted by Crippen LogP contribution is 2.22. The van der Waals surface area contributed by atoms with Gasteiger partial charge in [0.1, 0.15) is 18.0 Å². The van der Waals surface area contributed by atoms with Crippen molar-refractivity contribution in [2.75, 3.05) is 26.2 Å². The van der Waals surface area contributed by atoms with Crippen molar-refractivity contribution in [1.29, 1.82) is 0 Å². The first-order valence-electron chi connectivity index (χ1n) is 10.3. The van der Waals surface area contributed by atoms with Gasteiger partial charge in [0.05, 0.1) is 6.54 Å². The molecule has 3 heterocycles. The molecule has 0 bridgehead atoms. The number of guanidine groups is 1. The van der Waals surface area contributed by atoms with E-state index in [1.54, 1.807) is 11.3 Å². The molecular weight excluding hydrogens is 513 g/mol. The lowest BCUT2D eigenvalue weighted by Crippen LogP contribution is -2.48. The summed E-state index contributed by atoms with van der Waals surface area (Å²) < 4.78 is 1.94. The van der Waals surface area contributed by atoms with E-state index in [4.69, 9.17) is 4.99 Å². The largest absolute Gasteiger partial charge is 0.384 e. The van der Waals surface area contributed by atoms with Gasteiger partial charge in [-0.3, -0.25) is 4.90 Å². The summed E-state index contributed by atoms with van der Waals surface area (Å²) >= 11 is 1.58. The predicted molar refractivity (Wildman–Crippen MR) is 132 cm³/mol. The van der Waals surface area contributed by atoms with Crippen LogP contribution in [0.3, 0.4) is 0 Å². The van der Waals surface area contributed by atoms with E-state index in [2.05, 4.69) is 32.7 Å². The van der Waals surface area contributed by atoms with Crippen LogP contribution >= 0.6 is 35.3 Å². The van der Waals surface area contributed by atoms with Gasteiger partial charge in [-0.1, -0.05) is 6.92 Å². The van der Waals surface area contributed by atoms with Crippen molar-refractivity contribution >= 4 is 41.3 Å². The molecule has 3 N–H and O–H groups in total. The number of nitrogens with zero attached hydrogens (tertiary/aromatic N) is 5. The van der Waals surface area contributed by atoms with Crippen LogP contribution in [0.2, 0.25) is 0 Å². The molecular formula is C20H34IN7OS. The number of nitrogens with one attached hydrogen (secondary N) is 2. The van der Waals surface area contributed by atoms with Gasteiger partial charge >= 0.3 is 0 Å². The van der Waals surface area contributed by atoms with Crippen LogP contribution in [0.15, 0.2) is 21.8 Å². The number of likely N-dealkylation sites (N-methyl/N-ethyl adjacent to an activating group) is 1. The van der Waals surface area contributed by atoms with Crippen LogP contribution in [0.25, 0.3) is 0 Å². The molecule has 30 heavy (non-hydrogen) atoms. The minimum absolute atomic E-state index is 0. The average molecular weight is 548 g/mol. The Balaban J connectivity index is 0.00000320. The SMILES string of the molecule is CCN1CCCC1CNC(=NCc1nnc(C)n1C)NCC(C)(O)c1ccsc1.I. The molecule has 1 saturated heterocycles. The van der Waals surface area contributed by atoms with E-state index in [0.717, 1.165) is 36.8 Å². The topological polar surface area (TPSA) is 90.6 Å². The number of aliphatic imine (C=N–C) groups is 1. The molecule has 2 unspecified atom stereocenters. The number of likely N-dealkylation sites (tertiary alicyclic amines) is 1. The van der Waals surface area contributed by atoms with E-state index in [9.17, 15) is 5.11 Å². The quantitative estimate of drug-likeness (QED) is 0.267. The molecule has 10 heteroatoms. The predicted octanol–water partition coefficient (Wildman–Crippen LogP) is 2.23. The van der Waals surface area contributed by atoms with Gasteiger partial charge in [0, 0.05) is 19.6 Å². The maximum Gasteiger partial charge on any atom is 0.191 e. The fourth-order valence-electron chi connectivity index (χ4n) is 3.60. The summed E-state index contributed by atoms with van der Waals surface area (Å²) in [5, 5.41) is 29.9. The zero-order valence-electron chi connectivity index (χ0n) is 18.3. The van der Waals surface area contributed by atoms with Crippen molar-refractivity contribution in [1.82, 2.24) is 30.3 Å². The minimum Gasteiger partial charge on any atom is -0.384 e. The summed E-state index contributed by atoms with van der Waals surface area (Å²) in [6.07, 6.45) is 2.44. The maximum atomic E-state index is 10.8. The molecule has 2 aromatic rings. The lowest BCUT2D eigenvalue weighted by Gasteiger charge is -2.26. The third kappa shape index (κ3) is 6.38. The van der Waals surface area contributed by atoms with Gasteiger partial charge in [0.25, 0.3) is 0 Å². The Bertz CT molecular complexity index is 806. The smallest absolute Gasteiger partial charge is 0.191 e. The van der Waals surface area contributed by atoms with Gasteiger partial charge < -0.3 is 20.3 Å². The Hall–Kier alpha value is -1.24. The first kappa shape index (κ1) is 25.0. The van der Waals surface area contributed by atoms with Crippen LogP contribution in [0, 0.1) is 6.92 Å². The van der Waals surface area contributed by atoms with Crippen LogP contribution in [-0.2, 0) is 19.2 Å². The Morgan fingerprint density at radius 1 is 1.40 bits per heavy atom. The number of aromatic nitrogens is 3. The second-order valence-corrected chi connectivity index (χ2v) is 8.61. The molecule has 8 nitrogen and oxygen atoms in total. The molecule has 2 atom stereocenters. The number of aliphatic hydroxyl groups is 1. The number of thiophene rings is 1. The van der Waals surface area contributed by atoms with Crippen LogP contribution in [0.4, 0.5) is 0 Å². The van der Waals surface area contributed by atoms with E-state index < -0.39 is 5.60 Å². The van der Waals surface area contributed by atoms with Gasteiger partial charge in [0.2, 0.25) is 0 Å². The lowest BCUT2D eigenvalue weighted by molar-refractivity contribution is 0.0621. The molecule has 0 aliphatic carbocycles. The molecule has 1 aliphatic rings. The Morgan fingerprint density at radius 2 is 2.20 bits per heavy atom. The van der Waals surface area contributed by atoms with Crippen molar-refractivity contribution < 1.29 is 5.11 Å². The summed E-state index contributed by atoms with van der Waals surface area (Å²) in [6.45, 7) is 9.81. The maximum absolute atomic E-state index is 10.8. The molecule has 0 radical (unpaired) electrons. The van der Waals surface area contributed by atoms with Gasteiger partial charge in [0.15, 0.2) is 11.8 Å². The second-order valence-electron chi connectivity index (χ2n) is 7.83. The minimum atomic E-state index is -0.966. The number of aryl methyl sites for hydroxylation is 1. The fraction of sp³-hybridized carbons (Fsp3) is 0.650. The Kier molecular flexibility index (Phi) is 9.51. The van der Waals surface area contributed by atoms with Crippen molar-refractivity contribution in [3.63, 3.8) is 0 Å². The monoisotopic (exact) mass is 547 g/mol. The standard InChI is InChI=1S/C20H33N7OS.HI/c1-5-27-9-6-7-17(27)11-21-19(22-12-18-25-24-15(2)26(18)4)23-14-20(3,28)16-8-10-29-13-16;/h8,10,13,17,28H,5-7,9,11-12,14H2,1-4H3,(H2,21,22,23);1H. The summed E-state index contributed by atoms with van der Waals surface area (Å²) in [7, 11) is 1.94. The molecule has 0 amide bonds. The molecule has 0 aromatic carbocycles. The third-order valence-electron chi connectivity index (χ3n) is 5.71. The summed E-state index contributed by atoms with van der Waals surface area (Å²) in [4.78, 5) is 7.21. The Labute approximate surface area is 200 Å². The molecule has 1 aliphatic heterocycles. The number of hydrogen-bond acceptors (Lipinski definition) is 6. The molecule has 0 spiro atoms. The van der Waals surface area contributed by atoms with Crippen molar-refractivity contribution in [3.8, 4) is 0 Å².